The molecule has 2 fully saturated rings. The summed E-state index contributed by atoms with van der Waals surface area (Å²) in [5, 5.41) is 0. The normalized spacial score (nSPS) is 17.9. The van der Waals surface area contributed by atoms with Crippen LogP contribution in [-0.4, -0.2) is 63.6 Å². The van der Waals surface area contributed by atoms with Gasteiger partial charge in [0.2, 0.25) is 10.0 Å². The van der Waals surface area contributed by atoms with Crippen LogP contribution in [0.25, 0.3) is 0 Å². The lowest BCUT2D eigenvalue weighted by atomic mass is 10.1. The summed E-state index contributed by atoms with van der Waals surface area (Å²) in [4.78, 5) is 26.7. The number of rotatable bonds is 7. The van der Waals surface area contributed by atoms with Crippen LogP contribution in [-0.2, 0) is 24.3 Å². The number of ether oxygens (including phenoxy) is 2. The summed E-state index contributed by atoms with van der Waals surface area (Å²) in [5.41, 5.74) is 0.791. The standard InChI is InChI=1S/C21H30N2O6S/c1-16(2)29-20(24)15-28-21(25)18-14-17(8-9-19(18)22-10-6-7-11-22)30(26,27)23-12-4-3-5-13-23/h8-9,14,16H,3-7,10-13,15H2,1-2H3. The Bertz CT molecular complexity index is 871. The summed E-state index contributed by atoms with van der Waals surface area (Å²) in [7, 11) is -3.69. The Labute approximate surface area is 178 Å². The SMILES string of the molecule is CC(C)OC(=O)COC(=O)c1cc(S(=O)(=O)N2CCCCC2)ccc1N1CCCC1. The largest absolute Gasteiger partial charge is 0.460 e. The first-order valence-corrected chi connectivity index (χ1v) is 12.0. The molecule has 0 N–H and O–H groups in total. The van der Waals surface area contributed by atoms with Crippen molar-refractivity contribution in [2.24, 2.45) is 0 Å². The van der Waals surface area contributed by atoms with E-state index in [4.69, 9.17) is 9.47 Å². The summed E-state index contributed by atoms with van der Waals surface area (Å²) >= 11 is 0. The second-order valence-electron chi connectivity index (χ2n) is 7.95. The fraction of sp³-hybridized carbons (Fsp3) is 0.619. The first-order valence-electron chi connectivity index (χ1n) is 10.5. The van der Waals surface area contributed by atoms with E-state index in [0.717, 1.165) is 45.2 Å². The molecule has 2 heterocycles. The number of benzene rings is 1. The molecule has 0 amide bonds. The Kier molecular flexibility index (Phi) is 7.36. The van der Waals surface area contributed by atoms with Gasteiger partial charge in [0.1, 0.15) is 0 Å². The maximum Gasteiger partial charge on any atom is 0.344 e. The first-order chi connectivity index (χ1) is 14.3. The number of hydrogen-bond acceptors (Lipinski definition) is 7. The Balaban J connectivity index is 1.87. The predicted octanol–water partition coefficient (Wildman–Crippen LogP) is 2.57. The third kappa shape index (κ3) is 5.31. The van der Waals surface area contributed by atoms with Crippen molar-refractivity contribution >= 4 is 27.6 Å². The number of piperidine rings is 1. The highest BCUT2D eigenvalue weighted by atomic mass is 32.2. The summed E-state index contributed by atoms with van der Waals surface area (Å²) < 4.78 is 37.8. The molecule has 0 radical (unpaired) electrons. The quantitative estimate of drug-likeness (QED) is 0.604. The molecule has 0 aliphatic carbocycles. The van der Waals surface area contributed by atoms with Crippen LogP contribution >= 0.6 is 0 Å². The molecular weight excluding hydrogens is 408 g/mol. The van der Waals surface area contributed by atoms with Gasteiger partial charge >= 0.3 is 11.9 Å². The van der Waals surface area contributed by atoms with Crippen molar-refractivity contribution in [3.63, 3.8) is 0 Å². The van der Waals surface area contributed by atoms with Gasteiger partial charge in [-0.05, 0) is 57.7 Å². The second-order valence-corrected chi connectivity index (χ2v) is 9.89. The number of carbonyl (C=O) groups is 2. The van der Waals surface area contributed by atoms with Crippen LogP contribution < -0.4 is 4.90 Å². The van der Waals surface area contributed by atoms with Gasteiger partial charge in [0, 0.05) is 26.2 Å². The lowest BCUT2D eigenvalue weighted by Crippen LogP contribution is -2.35. The minimum absolute atomic E-state index is 0.0732. The molecule has 9 heteroatoms. The van der Waals surface area contributed by atoms with Crippen LogP contribution in [0, 0.1) is 0 Å². The topological polar surface area (TPSA) is 93.2 Å². The summed E-state index contributed by atoms with van der Waals surface area (Å²) in [5.74, 6) is -1.37. The molecule has 0 unspecified atom stereocenters. The van der Waals surface area contributed by atoms with E-state index in [1.165, 1.54) is 10.4 Å². The van der Waals surface area contributed by atoms with Crippen LogP contribution in [0.1, 0.15) is 56.3 Å². The summed E-state index contributed by atoms with van der Waals surface area (Å²) in [6.07, 6.45) is 4.38. The second kappa shape index (κ2) is 9.78. The van der Waals surface area contributed by atoms with Crippen molar-refractivity contribution in [3.8, 4) is 0 Å². The maximum absolute atomic E-state index is 13.1. The molecule has 0 atom stereocenters. The molecule has 2 aliphatic heterocycles. The smallest absolute Gasteiger partial charge is 0.344 e. The average Bonchev–Trinajstić information content (AvgIpc) is 3.26. The van der Waals surface area contributed by atoms with Crippen molar-refractivity contribution in [2.75, 3.05) is 37.7 Å². The molecule has 1 aromatic rings. The summed E-state index contributed by atoms with van der Waals surface area (Å²) in [6, 6.07) is 4.61. The van der Waals surface area contributed by atoms with Gasteiger partial charge in [0.05, 0.1) is 22.3 Å². The molecule has 0 bridgehead atoms. The molecular formula is C21H30N2O6S. The van der Waals surface area contributed by atoms with E-state index in [0.29, 0.717) is 18.8 Å². The van der Waals surface area contributed by atoms with Gasteiger partial charge < -0.3 is 14.4 Å². The lowest BCUT2D eigenvalue weighted by Gasteiger charge is -2.27. The van der Waals surface area contributed by atoms with Crippen molar-refractivity contribution in [2.45, 2.75) is 57.0 Å². The van der Waals surface area contributed by atoms with Crippen molar-refractivity contribution in [3.05, 3.63) is 23.8 Å². The van der Waals surface area contributed by atoms with E-state index in [9.17, 15) is 18.0 Å². The molecule has 2 saturated heterocycles. The molecule has 1 aromatic carbocycles. The van der Waals surface area contributed by atoms with Crippen molar-refractivity contribution in [1.82, 2.24) is 4.31 Å². The molecule has 0 saturated carbocycles. The number of sulfonamides is 1. The number of anilines is 1. The van der Waals surface area contributed by atoms with Gasteiger partial charge in [-0.1, -0.05) is 6.42 Å². The third-order valence-electron chi connectivity index (χ3n) is 5.28. The van der Waals surface area contributed by atoms with Crippen LogP contribution in [0.15, 0.2) is 23.1 Å². The number of carbonyl (C=O) groups excluding carboxylic acids is 2. The molecule has 3 rings (SSSR count). The van der Waals surface area contributed by atoms with Crippen LogP contribution in [0.2, 0.25) is 0 Å². The Morgan fingerprint density at radius 2 is 1.63 bits per heavy atom. The number of nitrogens with zero attached hydrogens (tertiary/aromatic N) is 2. The van der Waals surface area contributed by atoms with E-state index in [1.54, 1.807) is 26.0 Å². The first kappa shape index (κ1) is 22.6. The molecule has 2 aliphatic rings. The van der Waals surface area contributed by atoms with Gasteiger partial charge in [0.25, 0.3) is 0 Å². The molecule has 30 heavy (non-hydrogen) atoms. The van der Waals surface area contributed by atoms with Crippen LogP contribution in [0.5, 0.6) is 0 Å². The maximum atomic E-state index is 13.1. The van der Waals surface area contributed by atoms with Gasteiger partial charge in [-0.15, -0.1) is 0 Å². The Morgan fingerprint density at radius 1 is 1.00 bits per heavy atom. The van der Waals surface area contributed by atoms with Gasteiger partial charge in [-0.3, -0.25) is 0 Å². The van der Waals surface area contributed by atoms with E-state index in [-0.39, 0.29) is 16.6 Å². The molecule has 8 nitrogen and oxygen atoms in total. The molecule has 166 valence electrons. The van der Waals surface area contributed by atoms with Crippen molar-refractivity contribution < 1.29 is 27.5 Å². The van der Waals surface area contributed by atoms with Crippen molar-refractivity contribution in [1.29, 1.82) is 0 Å². The fourth-order valence-electron chi connectivity index (χ4n) is 3.83. The van der Waals surface area contributed by atoms with E-state index in [2.05, 4.69) is 0 Å². The Hall–Kier alpha value is -2.13. The van der Waals surface area contributed by atoms with Gasteiger partial charge in [-0.25, -0.2) is 18.0 Å². The average molecular weight is 439 g/mol. The van der Waals surface area contributed by atoms with E-state index in [1.807, 2.05) is 4.90 Å². The fourth-order valence-corrected chi connectivity index (χ4v) is 5.37. The highest BCUT2D eigenvalue weighted by Gasteiger charge is 2.29. The van der Waals surface area contributed by atoms with E-state index < -0.39 is 28.6 Å². The predicted molar refractivity (Wildman–Crippen MR) is 112 cm³/mol. The van der Waals surface area contributed by atoms with Gasteiger partial charge in [0.15, 0.2) is 6.61 Å². The number of hydrogen-bond donors (Lipinski definition) is 0. The molecule has 0 aromatic heterocycles. The molecule has 0 spiro atoms. The summed E-state index contributed by atoms with van der Waals surface area (Å²) in [6.45, 7) is 5.44. The van der Waals surface area contributed by atoms with Crippen LogP contribution in [0.4, 0.5) is 5.69 Å². The third-order valence-corrected chi connectivity index (χ3v) is 7.17. The van der Waals surface area contributed by atoms with E-state index >= 15 is 0 Å². The Morgan fingerprint density at radius 3 is 2.27 bits per heavy atom. The monoisotopic (exact) mass is 438 g/mol. The zero-order chi connectivity index (χ0) is 21.7. The zero-order valence-electron chi connectivity index (χ0n) is 17.6. The van der Waals surface area contributed by atoms with Gasteiger partial charge in [-0.2, -0.15) is 4.31 Å². The zero-order valence-corrected chi connectivity index (χ0v) is 18.4. The number of esters is 2. The minimum atomic E-state index is -3.69. The van der Waals surface area contributed by atoms with Crippen LogP contribution in [0.3, 0.4) is 0 Å². The lowest BCUT2D eigenvalue weighted by molar-refractivity contribution is -0.150. The highest BCUT2D eigenvalue weighted by Crippen LogP contribution is 2.30. The minimum Gasteiger partial charge on any atom is -0.460 e. The highest BCUT2D eigenvalue weighted by molar-refractivity contribution is 7.89.